The first-order valence-electron chi connectivity index (χ1n) is 7.95. The van der Waals surface area contributed by atoms with Crippen molar-refractivity contribution >= 4 is 22.6 Å². The predicted molar refractivity (Wildman–Crippen MR) is 98.1 cm³/mol. The van der Waals surface area contributed by atoms with E-state index in [0.717, 1.165) is 0 Å². The Balaban J connectivity index is 2.60. The molecule has 7 heteroatoms. The molecule has 1 aromatic carbocycles. The lowest BCUT2D eigenvalue weighted by atomic mass is 10.1. The van der Waals surface area contributed by atoms with Gasteiger partial charge >= 0.3 is 0 Å². The van der Waals surface area contributed by atoms with Gasteiger partial charge in [-0.15, -0.1) is 0 Å². The molecule has 2 aromatic rings. The number of carbonyl (C=O) groups is 1. The minimum atomic E-state index is -0.809. The first-order chi connectivity index (χ1) is 11.9. The van der Waals surface area contributed by atoms with Gasteiger partial charge in [0.25, 0.3) is 11.5 Å². The van der Waals surface area contributed by atoms with E-state index in [1.807, 2.05) is 13.8 Å². The van der Waals surface area contributed by atoms with Crippen molar-refractivity contribution in [2.45, 2.75) is 20.4 Å². The number of fused-ring (bicyclic) bond motifs is 1. The third-order valence-corrected chi connectivity index (χ3v) is 3.59. The lowest BCUT2D eigenvalue weighted by Crippen LogP contribution is -2.36. The Morgan fingerprint density at radius 2 is 2.04 bits per heavy atom. The zero-order valence-electron chi connectivity index (χ0n) is 14.5. The van der Waals surface area contributed by atoms with Crippen LogP contribution in [0.2, 0.25) is 0 Å². The first kappa shape index (κ1) is 18.3. The highest BCUT2D eigenvalue weighted by atomic mass is 16.3. The van der Waals surface area contributed by atoms with Crippen LogP contribution in [0.25, 0.3) is 10.9 Å². The van der Waals surface area contributed by atoms with Crippen LogP contribution in [-0.4, -0.2) is 28.5 Å². The van der Waals surface area contributed by atoms with Crippen LogP contribution in [0.15, 0.2) is 41.3 Å². The van der Waals surface area contributed by atoms with E-state index in [0.29, 0.717) is 17.4 Å². The number of para-hydroxylation sites is 1. The van der Waals surface area contributed by atoms with E-state index in [-0.39, 0.29) is 23.1 Å². The quantitative estimate of drug-likeness (QED) is 0.491. The van der Waals surface area contributed by atoms with Crippen molar-refractivity contribution < 1.29 is 9.90 Å². The van der Waals surface area contributed by atoms with Gasteiger partial charge in [-0.05, 0) is 30.3 Å². The van der Waals surface area contributed by atoms with Gasteiger partial charge in [-0.1, -0.05) is 26.0 Å². The van der Waals surface area contributed by atoms with Crippen molar-refractivity contribution in [2.75, 3.05) is 7.05 Å². The summed E-state index contributed by atoms with van der Waals surface area (Å²) in [5, 5.41) is 23.6. The smallest absolute Gasteiger partial charge is 0.267 e. The molecule has 1 aromatic heterocycles. The molecular weight excluding hydrogens is 320 g/mol. The molecule has 0 aliphatic rings. The fraction of sp³-hybridized carbons (Fsp3) is 0.278. The standard InChI is InChI=1S/C18H22N4O3/c1-11(2)10-22-13-7-5-4-6-12(13)16(23)15(18(22)25)17(24)21-14(19)8-9-20-3/h4-9,11,20,23H,10H2,1-3H3,(H2,19,21,24)/b9-8-. The van der Waals surface area contributed by atoms with Crippen LogP contribution >= 0.6 is 0 Å². The largest absolute Gasteiger partial charge is 0.506 e. The fourth-order valence-corrected chi connectivity index (χ4v) is 2.53. The number of nitrogens with one attached hydrogen (secondary N) is 3. The van der Waals surface area contributed by atoms with E-state index >= 15 is 0 Å². The molecule has 0 aliphatic carbocycles. The Bertz CT molecular complexity index is 897. The van der Waals surface area contributed by atoms with Gasteiger partial charge in [-0.25, -0.2) is 0 Å². The molecule has 0 fully saturated rings. The molecule has 0 unspecified atom stereocenters. The molecule has 0 spiro atoms. The number of aromatic hydroxyl groups is 1. The minimum Gasteiger partial charge on any atom is -0.506 e. The molecule has 1 heterocycles. The van der Waals surface area contributed by atoms with Crippen LogP contribution in [0.5, 0.6) is 5.75 Å². The second-order valence-corrected chi connectivity index (χ2v) is 6.04. The van der Waals surface area contributed by atoms with Crippen LogP contribution in [0.3, 0.4) is 0 Å². The monoisotopic (exact) mass is 342 g/mol. The van der Waals surface area contributed by atoms with Gasteiger partial charge in [-0.2, -0.15) is 0 Å². The maximum absolute atomic E-state index is 12.8. The first-order valence-corrected chi connectivity index (χ1v) is 7.95. The molecule has 0 radical (unpaired) electrons. The second-order valence-electron chi connectivity index (χ2n) is 6.04. The Labute approximate surface area is 145 Å². The number of amidine groups is 1. The minimum absolute atomic E-state index is 0.179. The van der Waals surface area contributed by atoms with Gasteiger partial charge in [0, 0.05) is 19.0 Å². The van der Waals surface area contributed by atoms with E-state index in [2.05, 4.69) is 10.6 Å². The summed E-state index contributed by atoms with van der Waals surface area (Å²) in [6.45, 7) is 4.34. The molecule has 25 heavy (non-hydrogen) atoms. The molecule has 7 nitrogen and oxygen atoms in total. The molecule has 0 aliphatic heterocycles. The highest BCUT2D eigenvalue weighted by Crippen LogP contribution is 2.26. The summed E-state index contributed by atoms with van der Waals surface area (Å²) < 4.78 is 1.49. The molecule has 2 rings (SSSR count). The number of hydrogen-bond acceptors (Lipinski definition) is 5. The Morgan fingerprint density at radius 3 is 2.68 bits per heavy atom. The van der Waals surface area contributed by atoms with Gasteiger partial charge in [0.1, 0.15) is 17.1 Å². The van der Waals surface area contributed by atoms with Crippen LogP contribution in [0.4, 0.5) is 0 Å². The number of hydrogen-bond donors (Lipinski definition) is 4. The maximum Gasteiger partial charge on any atom is 0.267 e. The van der Waals surface area contributed by atoms with Gasteiger partial charge in [-0.3, -0.25) is 15.0 Å². The van der Waals surface area contributed by atoms with Crippen molar-refractivity contribution in [3.05, 3.63) is 52.5 Å². The highest BCUT2D eigenvalue weighted by molar-refractivity contribution is 6.11. The van der Waals surface area contributed by atoms with Crippen molar-refractivity contribution in [1.29, 1.82) is 5.41 Å². The van der Waals surface area contributed by atoms with E-state index < -0.39 is 11.5 Å². The Morgan fingerprint density at radius 1 is 1.36 bits per heavy atom. The summed E-state index contributed by atoms with van der Waals surface area (Å²) in [6, 6.07) is 6.89. The molecule has 0 atom stereocenters. The number of carbonyl (C=O) groups excluding carboxylic acids is 1. The van der Waals surface area contributed by atoms with Gasteiger partial charge in [0.05, 0.1) is 5.52 Å². The van der Waals surface area contributed by atoms with Crippen LogP contribution < -0.4 is 16.2 Å². The third kappa shape index (κ3) is 3.88. The second kappa shape index (κ2) is 7.65. The summed E-state index contributed by atoms with van der Waals surface area (Å²) in [4.78, 5) is 25.3. The predicted octanol–water partition coefficient (Wildman–Crippen LogP) is 1.80. The zero-order valence-corrected chi connectivity index (χ0v) is 14.5. The number of rotatable bonds is 5. The number of pyridine rings is 1. The summed E-state index contributed by atoms with van der Waals surface area (Å²) in [5.41, 5.74) is -0.366. The van der Waals surface area contributed by atoms with Crippen molar-refractivity contribution in [3.63, 3.8) is 0 Å². The van der Waals surface area contributed by atoms with E-state index in [1.54, 1.807) is 31.3 Å². The summed E-state index contributed by atoms with van der Waals surface area (Å²) in [7, 11) is 1.66. The van der Waals surface area contributed by atoms with Gasteiger partial charge in [0.2, 0.25) is 0 Å². The number of amides is 1. The van der Waals surface area contributed by atoms with Crippen molar-refractivity contribution in [1.82, 2.24) is 15.2 Å². The van der Waals surface area contributed by atoms with E-state index in [9.17, 15) is 14.7 Å². The average Bonchev–Trinajstić information content (AvgIpc) is 2.56. The topological polar surface area (TPSA) is 107 Å². The lowest BCUT2D eigenvalue weighted by molar-refractivity contribution is 0.0972. The van der Waals surface area contributed by atoms with E-state index in [4.69, 9.17) is 5.41 Å². The fourth-order valence-electron chi connectivity index (χ4n) is 2.53. The van der Waals surface area contributed by atoms with E-state index in [1.165, 1.54) is 16.8 Å². The number of nitrogens with zero attached hydrogens (tertiary/aromatic N) is 1. The molecule has 0 bridgehead atoms. The molecule has 4 N–H and O–H groups in total. The molecular formula is C18H22N4O3. The van der Waals surface area contributed by atoms with Crippen molar-refractivity contribution in [3.8, 4) is 5.75 Å². The Kier molecular flexibility index (Phi) is 5.59. The number of aromatic nitrogens is 1. The molecule has 132 valence electrons. The summed E-state index contributed by atoms with van der Waals surface area (Å²) >= 11 is 0. The van der Waals surface area contributed by atoms with Crippen LogP contribution in [-0.2, 0) is 6.54 Å². The maximum atomic E-state index is 12.8. The van der Waals surface area contributed by atoms with Gasteiger partial charge in [0.15, 0.2) is 0 Å². The number of benzene rings is 1. The molecule has 0 saturated heterocycles. The average molecular weight is 342 g/mol. The van der Waals surface area contributed by atoms with Crippen LogP contribution in [0.1, 0.15) is 24.2 Å². The summed E-state index contributed by atoms with van der Waals surface area (Å²) in [6.07, 6.45) is 2.81. The highest BCUT2D eigenvalue weighted by Gasteiger charge is 2.22. The van der Waals surface area contributed by atoms with Crippen LogP contribution in [0, 0.1) is 11.3 Å². The SMILES string of the molecule is CN/C=C\C(=N)NC(=O)c1c(O)c2ccccc2n(CC(C)C)c1=O. The normalized spacial score (nSPS) is 11.2. The molecule has 1 amide bonds. The Hall–Kier alpha value is -3.09. The molecule has 0 saturated carbocycles. The van der Waals surface area contributed by atoms with Gasteiger partial charge < -0.3 is 20.3 Å². The lowest BCUT2D eigenvalue weighted by Gasteiger charge is -2.16. The van der Waals surface area contributed by atoms with Crippen molar-refractivity contribution in [2.24, 2.45) is 5.92 Å². The summed E-state index contributed by atoms with van der Waals surface area (Å²) in [5.74, 6) is -1.19. The third-order valence-electron chi connectivity index (χ3n) is 3.59. The zero-order chi connectivity index (χ0) is 18.6.